The molecule has 2 heterocycles. The zero-order valence-electron chi connectivity index (χ0n) is 14.1. The number of nitrogens with two attached hydrogens (primary N) is 1. The number of benzene rings is 1. The first kappa shape index (κ1) is 15.9. The summed E-state index contributed by atoms with van der Waals surface area (Å²) in [5, 5.41) is 10.1. The normalized spacial score (nSPS) is 11.7. The summed E-state index contributed by atoms with van der Waals surface area (Å²) in [5.74, 6) is 0.159. The summed E-state index contributed by atoms with van der Waals surface area (Å²) in [6.45, 7) is 8.13. The molecule has 7 nitrogen and oxygen atoms in total. The van der Waals surface area contributed by atoms with Gasteiger partial charge in [0.2, 0.25) is 0 Å². The lowest BCUT2D eigenvalue weighted by Gasteiger charge is -2.22. The molecule has 0 aliphatic carbocycles. The molecule has 0 unspecified atom stereocenters. The van der Waals surface area contributed by atoms with Crippen molar-refractivity contribution in [2.45, 2.75) is 33.2 Å². The van der Waals surface area contributed by atoms with E-state index in [-0.39, 0.29) is 11.2 Å². The average molecular weight is 324 g/mol. The molecule has 0 saturated heterocycles. The van der Waals surface area contributed by atoms with E-state index >= 15 is 0 Å². The number of aryl methyl sites for hydroxylation is 1. The fourth-order valence-electron chi connectivity index (χ4n) is 2.44. The Labute approximate surface area is 139 Å². The Morgan fingerprint density at radius 2 is 2.00 bits per heavy atom. The molecule has 3 rings (SSSR count). The minimum atomic E-state index is -0.574. The highest BCUT2D eigenvalue weighted by atomic mass is 16.1. The minimum absolute atomic E-state index is 0.130. The topological polar surface area (TPSA) is 110 Å². The first-order chi connectivity index (χ1) is 11.2. The predicted molar refractivity (Wildman–Crippen MR) is 93.8 cm³/mol. The van der Waals surface area contributed by atoms with Gasteiger partial charge in [-0.2, -0.15) is 5.10 Å². The molecule has 0 aliphatic heterocycles. The van der Waals surface area contributed by atoms with E-state index in [1.807, 2.05) is 25.1 Å². The van der Waals surface area contributed by atoms with Gasteiger partial charge in [0, 0.05) is 11.1 Å². The first-order valence-electron chi connectivity index (χ1n) is 7.66. The van der Waals surface area contributed by atoms with Crippen LogP contribution in [0.15, 0.2) is 24.3 Å². The molecule has 2 aromatic heterocycles. The molecule has 0 aliphatic rings. The molecule has 1 amide bonds. The van der Waals surface area contributed by atoms with E-state index in [1.54, 1.807) is 6.07 Å². The predicted octanol–water partition coefficient (Wildman–Crippen LogP) is 2.64. The monoisotopic (exact) mass is 324 g/mol. The van der Waals surface area contributed by atoms with Gasteiger partial charge < -0.3 is 11.1 Å². The third-order valence-corrected chi connectivity index (χ3v) is 3.48. The Morgan fingerprint density at radius 3 is 2.62 bits per heavy atom. The van der Waals surface area contributed by atoms with Crippen LogP contribution in [-0.2, 0) is 0 Å². The molecule has 124 valence electrons. The van der Waals surface area contributed by atoms with Gasteiger partial charge in [0.15, 0.2) is 0 Å². The van der Waals surface area contributed by atoms with Crippen LogP contribution in [0.2, 0.25) is 0 Å². The number of rotatable bonds is 3. The van der Waals surface area contributed by atoms with Gasteiger partial charge >= 0.3 is 0 Å². The van der Waals surface area contributed by atoms with Crippen LogP contribution < -0.4 is 11.1 Å². The van der Waals surface area contributed by atoms with Crippen LogP contribution in [0.4, 0.5) is 5.82 Å². The van der Waals surface area contributed by atoms with Crippen LogP contribution in [0, 0.1) is 6.92 Å². The van der Waals surface area contributed by atoms with Gasteiger partial charge in [-0.05, 0) is 39.8 Å². The Balaban J connectivity index is 2.17. The quantitative estimate of drug-likeness (QED) is 0.686. The summed E-state index contributed by atoms with van der Waals surface area (Å²) in [6.07, 6.45) is 0. The molecule has 4 N–H and O–H groups in total. The Kier molecular flexibility index (Phi) is 3.71. The van der Waals surface area contributed by atoms with Crippen molar-refractivity contribution in [1.82, 2.24) is 20.2 Å². The molecule has 3 aromatic rings. The van der Waals surface area contributed by atoms with Crippen LogP contribution in [0.3, 0.4) is 0 Å². The van der Waals surface area contributed by atoms with Crippen molar-refractivity contribution in [3.63, 3.8) is 0 Å². The van der Waals surface area contributed by atoms with E-state index in [2.05, 4.69) is 41.3 Å². The number of primary amides is 1. The maximum atomic E-state index is 11.3. The largest absolute Gasteiger partial charge is 0.364 e. The smallest absolute Gasteiger partial charge is 0.269 e. The number of para-hydroxylation sites is 1. The number of aromatic nitrogens is 4. The van der Waals surface area contributed by atoms with Crippen molar-refractivity contribution < 1.29 is 4.79 Å². The van der Waals surface area contributed by atoms with Crippen LogP contribution in [0.25, 0.3) is 22.3 Å². The van der Waals surface area contributed by atoms with Gasteiger partial charge in [0.1, 0.15) is 17.0 Å². The standard InChI is InChI=1S/C17H20N6O/c1-9-16(21-17(2,3)4)20-14-10(6-5-7-11(14)19-9)12-8-13(15(18)24)23-22-12/h5-8H,1-4H3,(H2,18,24)(H,20,21)(H,22,23). The molecule has 0 fully saturated rings. The number of fused-ring (bicyclic) bond motifs is 1. The van der Waals surface area contributed by atoms with Crippen LogP contribution in [0.1, 0.15) is 37.0 Å². The Hall–Kier alpha value is -2.96. The second-order valence-corrected chi connectivity index (χ2v) is 6.74. The van der Waals surface area contributed by atoms with Gasteiger partial charge in [-0.15, -0.1) is 0 Å². The van der Waals surface area contributed by atoms with Gasteiger partial charge in [-0.25, -0.2) is 9.97 Å². The minimum Gasteiger partial charge on any atom is -0.364 e. The second-order valence-electron chi connectivity index (χ2n) is 6.74. The molecule has 0 atom stereocenters. The summed E-state index contributed by atoms with van der Waals surface area (Å²) >= 11 is 0. The molecule has 0 saturated carbocycles. The van der Waals surface area contributed by atoms with Crippen molar-refractivity contribution in [2.24, 2.45) is 5.73 Å². The molecule has 7 heteroatoms. The van der Waals surface area contributed by atoms with E-state index in [1.165, 1.54) is 0 Å². The first-order valence-corrected chi connectivity index (χ1v) is 7.66. The van der Waals surface area contributed by atoms with Crippen molar-refractivity contribution in [3.8, 4) is 11.3 Å². The van der Waals surface area contributed by atoms with Crippen molar-refractivity contribution in [1.29, 1.82) is 0 Å². The molecule has 0 spiro atoms. The molecule has 0 radical (unpaired) electrons. The summed E-state index contributed by atoms with van der Waals surface area (Å²) < 4.78 is 0. The fourth-order valence-corrected chi connectivity index (χ4v) is 2.44. The zero-order valence-corrected chi connectivity index (χ0v) is 14.1. The third kappa shape index (κ3) is 3.05. The highest BCUT2D eigenvalue weighted by molar-refractivity contribution is 5.95. The Morgan fingerprint density at radius 1 is 1.25 bits per heavy atom. The highest BCUT2D eigenvalue weighted by Gasteiger charge is 2.16. The van der Waals surface area contributed by atoms with Crippen LogP contribution in [-0.4, -0.2) is 31.6 Å². The second kappa shape index (κ2) is 5.59. The van der Waals surface area contributed by atoms with E-state index in [4.69, 9.17) is 10.7 Å². The van der Waals surface area contributed by atoms with Gasteiger partial charge in [0.25, 0.3) is 5.91 Å². The lowest BCUT2D eigenvalue weighted by molar-refractivity contribution is 0.0995. The number of anilines is 1. The SMILES string of the molecule is Cc1nc2cccc(-c3cc(C(N)=O)n[nH]3)c2nc1NC(C)(C)C. The molecule has 0 bridgehead atoms. The molecule has 24 heavy (non-hydrogen) atoms. The summed E-state index contributed by atoms with van der Waals surface area (Å²) in [7, 11) is 0. The van der Waals surface area contributed by atoms with Gasteiger partial charge in [0.05, 0.1) is 16.9 Å². The van der Waals surface area contributed by atoms with Crippen molar-refractivity contribution in [3.05, 3.63) is 35.7 Å². The fraction of sp³-hybridized carbons (Fsp3) is 0.294. The number of amides is 1. The van der Waals surface area contributed by atoms with Gasteiger partial charge in [-0.3, -0.25) is 9.89 Å². The zero-order chi connectivity index (χ0) is 17.5. The van der Waals surface area contributed by atoms with E-state index in [0.29, 0.717) is 5.69 Å². The summed E-state index contributed by atoms with van der Waals surface area (Å²) in [6, 6.07) is 7.33. The van der Waals surface area contributed by atoms with Crippen molar-refractivity contribution in [2.75, 3.05) is 5.32 Å². The average Bonchev–Trinajstić information content (AvgIpc) is 2.96. The lowest BCUT2D eigenvalue weighted by Crippen LogP contribution is -2.27. The van der Waals surface area contributed by atoms with Gasteiger partial charge in [-0.1, -0.05) is 12.1 Å². The summed E-state index contributed by atoms with van der Waals surface area (Å²) in [5.41, 5.74) is 9.16. The maximum Gasteiger partial charge on any atom is 0.269 e. The number of carbonyl (C=O) groups excluding carboxylic acids is 1. The third-order valence-electron chi connectivity index (χ3n) is 3.48. The van der Waals surface area contributed by atoms with Crippen LogP contribution >= 0.6 is 0 Å². The highest BCUT2D eigenvalue weighted by Crippen LogP contribution is 2.28. The molecule has 1 aromatic carbocycles. The van der Waals surface area contributed by atoms with E-state index < -0.39 is 5.91 Å². The van der Waals surface area contributed by atoms with Crippen molar-refractivity contribution >= 4 is 22.8 Å². The van der Waals surface area contributed by atoms with Crippen LogP contribution in [0.5, 0.6) is 0 Å². The number of nitrogens with zero attached hydrogens (tertiary/aromatic N) is 3. The summed E-state index contributed by atoms with van der Waals surface area (Å²) in [4.78, 5) is 20.7. The Bertz CT molecular complexity index is 922. The number of hydrogen-bond donors (Lipinski definition) is 3. The van der Waals surface area contributed by atoms with E-state index in [0.717, 1.165) is 28.1 Å². The van der Waals surface area contributed by atoms with E-state index in [9.17, 15) is 4.79 Å². The molecular weight excluding hydrogens is 304 g/mol. The molecular formula is C17H20N6O. The maximum absolute atomic E-state index is 11.3. The number of hydrogen-bond acceptors (Lipinski definition) is 5. The number of aromatic amines is 1. The number of carbonyl (C=O) groups is 1. The number of H-pyrrole nitrogens is 1. The lowest BCUT2D eigenvalue weighted by atomic mass is 10.1. The number of nitrogens with one attached hydrogen (secondary N) is 2.